The summed E-state index contributed by atoms with van der Waals surface area (Å²) in [5.74, 6) is 0.732. The van der Waals surface area contributed by atoms with E-state index in [0.29, 0.717) is 6.42 Å². The normalized spacial score (nSPS) is 17.0. The molecule has 1 unspecified atom stereocenters. The van der Waals surface area contributed by atoms with Crippen molar-refractivity contribution in [2.75, 3.05) is 0 Å². The Morgan fingerprint density at radius 3 is 2.88 bits per heavy atom. The maximum absolute atomic E-state index is 10.2. The molecule has 1 atom stereocenters. The third-order valence-electron chi connectivity index (χ3n) is 3.35. The summed E-state index contributed by atoms with van der Waals surface area (Å²) in [6, 6.07) is 10.2. The molecule has 3 rings (SSSR count). The van der Waals surface area contributed by atoms with Crippen LogP contribution in [0.4, 0.5) is 0 Å². The Morgan fingerprint density at radius 2 is 2.18 bits per heavy atom. The molecule has 0 bridgehead atoms. The summed E-state index contributed by atoms with van der Waals surface area (Å²) in [4.78, 5) is 0. The van der Waals surface area contributed by atoms with Crippen LogP contribution >= 0.6 is 0 Å². The molecular formula is C15H16O2. The molecule has 1 aliphatic rings. The Kier molecular flexibility index (Phi) is 2.73. The third kappa shape index (κ3) is 2.42. The van der Waals surface area contributed by atoms with Crippen molar-refractivity contribution in [1.82, 2.24) is 0 Å². The number of benzene rings is 1. The lowest BCUT2D eigenvalue weighted by Gasteiger charge is -2.11. The van der Waals surface area contributed by atoms with Crippen molar-refractivity contribution in [2.24, 2.45) is 0 Å². The Labute approximate surface area is 101 Å². The van der Waals surface area contributed by atoms with Crippen molar-refractivity contribution >= 4 is 0 Å². The van der Waals surface area contributed by atoms with Crippen LogP contribution in [0, 0.1) is 0 Å². The van der Waals surface area contributed by atoms with E-state index in [4.69, 9.17) is 4.42 Å². The van der Waals surface area contributed by atoms with Crippen molar-refractivity contribution in [3.05, 3.63) is 59.5 Å². The number of aliphatic hydroxyl groups excluding tert-OH is 1. The van der Waals surface area contributed by atoms with Gasteiger partial charge in [0.1, 0.15) is 0 Å². The number of furan rings is 1. The summed E-state index contributed by atoms with van der Waals surface area (Å²) in [6.45, 7) is 0. The Bertz CT molecular complexity index is 483. The van der Waals surface area contributed by atoms with Crippen molar-refractivity contribution in [3.63, 3.8) is 0 Å². The summed E-state index contributed by atoms with van der Waals surface area (Å²) >= 11 is 0. The van der Waals surface area contributed by atoms with Gasteiger partial charge in [0, 0.05) is 6.42 Å². The average molecular weight is 228 g/mol. The van der Waals surface area contributed by atoms with E-state index < -0.39 is 6.10 Å². The zero-order chi connectivity index (χ0) is 11.7. The number of hydrogen-bond acceptors (Lipinski definition) is 2. The highest BCUT2D eigenvalue weighted by atomic mass is 16.3. The maximum Gasteiger partial charge on any atom is 0.0935 e. The van der Waals surface area contributed by atoms with Gasteiger partial charge in [-0.3, -0.25) is 0 Å². The van der Waals surface area contributed by atoms with E-state index in [1.807, 2.05) is 18.2 Å². The molecule has 2 nitrogen and oxygen atoms in total. The van der Waals surface area contributed by atoms with Gasteiger partial charge in [-0.15, -0.1) is 0 Å². The standard InChI is InChI=1S/C15H16O2/c16-15(8-11-6-7-17-10-11)14-3-1-2-13(9-14)12-4-5-12/h1-3,6-7,9-10,12,15-16H,4-5,8H2. The lowest BCUT2D eigenvalue weighted by atomic mass is 10.00. The molecule has 1 aromatic heterocycles. The predicted octanol–water partition coefficient (Wildman–Crippen LogP) is 3.43. The van der Waals surface area contributed by atoms with Crippen LogP contribution in [0.1, 0.15) is 41.6 Å². The predicted molar refractivity (Wildman–Crippen MR) is 65.8 cm³/mol. The molecule has 17 heavy (non-hydrogen) atoms. The molecule has 1 saturated carbocycles. The first-order chi connectivity index (χ1) is 8.33. The quantitative estimate of drug-likeness (QED) is 0.869. The Morgan fingerprint density at radius 1 is 1.29 bits per heavy atom. The van der Waals surface area contributed by atoms with Crippen LogP contribution in [0.2, 0.25) is 0 Å². The van der Waals surface area contributed by atoms with E-state index in [1.165, 1.54) is 18.4 Å². The molecule has 0 radical (unpaired) electrons. The van der Waals surface area contributed by atoms with Crippen molar-refractivity contribution in [3.8, 4) is 0 Å². The third-order valence-corrected chi connectivity index (χ3v) is 3.35. The van der Waals surface area contributed by atoms with Gasteiger partial charge in [-0.2, -0.15) is 0 Å². The zero-order valence-corrected chi connectivity index (χ0v) is 9.67. The van der Waals surface area contributed by atoms with Crippen LogP contribution in [0.25, 0.3) is 0 Å². The van der Waals surface area contributed by atoms with Gasteiger partial charge in [-0.25, -0.2) is 0 Å². The fourth-order valence-corrected chi connectivity index (χ4v) is 2.19. The minimum atomic E-state index is -0.439. The smallest absolute Gasteiger partial charge is 0.0935 e. The zero-order valence-electron chi connectivity index (χ0n) is 9.67. The van der Waals surface area contributed by atoms with E-state index >= 15 is 0 Å². The van der Waals surface area contributed by atoms with Gasteiger partial charge >= 0.3 is 0 Å². The summed E-state index contributed by atoms with van der Waals surface area (Å²) in [6.07, 6.45) is 6.09. The van der Waals surface area contributed by atoms with Gasteiger partial charge in [0.2, 0.25) is 0 Å². The lowest BCUT2D eigenvalue weighted by molar-refractivity contribution is 0.178. The minimum Gasteiger partial charge on any atom is -0.472 e. The van der Waals surface area contributed by atoms with Gasteiger partial charge in [-0.05, 0) is 41.5 Å². The summed E-state index contributed by atoms with van der Waals surface area (Å²) in [7, 11) is 0. The molecule has 0 aliphatic heterocycles. The molecule has 0 saturated heterocycles. The fourth-order valence-electron chi connectivity index (χ4n) is 2.19. The van der Waals surface area contributed by atoms with Gasteiger partial charge < -0.3 is 9.52 Å². The van der Waals surface area contributed by atoms with Gasteiger partial charge in [0.15, 0.2) is 0 Å². The molecule has 1 aromatic carbocycles. The van der Waals surface area contributed by atoms with Crippen LogP contribution in [-0.4, -0.2) is 5.11 Å². The Hall–Kier alpha value is -1.54. The molecule has 0 amide bonds. The monoisotopic (exact) mass is 228 g/mol. The highest BCUT2D eigenvalue weighted by Gasteiger charge is 2.24. The summed E-state index contributed by atoms with van der Waals surface area (Å²) < 4.78 is 5.01. The molecule has 2 heteroatoms. The van der Waals surface area contributed by atoms with Gasteiger partial charge in [-0.1, -0.05) is 24.3 Å². The van der Waals surface area contributed by atoms with Crippen LogP contribution in [-0.2, 0) is 6.42 Å². The Balaban J connectivity index is 1.76. The molecule has 1 fully saturated rings. The van der Waals surface area contributed by atoms with E-state index in [1.54, 1.807) is 12.5 Å². The molecule has 1 heterocycles. The molecular weight excluding hydrogens is 212 g/mol. The SMILES string of the molecule is OC(Cc1ccoc1)c1cccc(C2CC2)c1. The molecule has 0 spiro atoms. The van der Waals surface area contributed by atoms with Crippen LogP contribution in [0.15, 0.2) is 47.3 Å². The fraction of sp³-hybridized carbons (Fsp3) is 0.333. The first-order valence-corrected chi connectivity index (χ1v) is 6.12. The van der Waals surface area contributed by atoms with Gasteiger partial charge in [0.25, 0.3) is 0 Å². The second-order valence-electron chi connectivity index (χ2n) is 4.80. The lowest BCUT2D eigenvalue weighted by Crippen LogP contribution is -2.01. The topological polar surface area (TPSA) is 33.4 Å². The van der Waals surface area contributed by atoms with Crippen molar-refractivity contribution < 1.29 is 9.52 Å². The van der Waals surface area contributed by atoms with E-state index in [9.17, 15) is 5.11 Å². The first-order valence-electron chi connectivity index (χ1n) is 6.12. The number of rotatable bonds is 4. The minimum absolute atomic E-state index is 0.439. The molecule has 1 N–H and O–H groups in total. The van der Waals surface area contributed by atoms with Crippen LogP contribution < -0.4 is 0 Å². The highest BCUT2D eigenvalue weighted by molar-refractivity contribution is 5.31. The molecule has 2 aromatic rings. The highest BCUT2D eigenvalue weighted by Crippen LogP contribution is 2.40. The largest absolute Gasteiger partial charge is 0.472 e. The van der Waals surface area contributed by atoms with E-state index in [0.717, 1.165) is 17.0 Å². The summed E-state index contributed by atoms with van der Waals surface area (Å²) in [5.41, 5.74) is 3.42. The van der Waals surface area contributed by atoms with E-state index in [2.05, 4.69) is 12.1 Å². The molecule has 1 aliphatic carbocycles. The summed E-state index contributed by atoms with van der Waals surface area (Å²) in [5, 5.41) is 10.2. The van der Waals surface area contributed by atoms with Crippen LogP contribution in [0.3, 0.4) is 0 Å². The second kappa shape index (κ2) is 4.38. The van der Waals surface area contributed by atoms with Crippen molar-refractivity contribution in [1.29, 1.82) is 0 Å². The molecule has 88 valence electrons. The maximum atomic E-state index is 10.2. The first kappa shape index (κ1) is 10.6. The number of aliphatic hydroxyl groups is 1. The van der Waals surface area contributed by atoms with Crippen molar-refractivity contribution in [2.45, 2.75) is 31.3 Å². The van der Waals surface area contributed by atoms with Gasteiger partial charge in [0.05, 0.1) is 18.6 Å². The second-order valence-corrected chi connectivity index (χ2v) is 4.80. The van der Waals surface area contributed by atoms with Crippen LogP contribution in [0.5, 0.6) is 0 Å². The van der Waals surface area contributed by atoms with E-state index in [-0.39, 0.29) is 0 Å². The average Bonchev–Trinajstić information content (AvgIpc) is 3.09. The number of hydrogen-bond donors (Lipinski definition) is 1.